The Hall–Kier alpha value is -2.78. The standard InChI is InChI=1S/C7H9N3O.C7H10O5/c8-10-9-7(11)6-4-2-1-3-5-6;8-5(1-3-6(9)10)2-4-7(11)12/h1-5,10H,8H2,(H,9,11);1-4H2,(H,9,10)(H,11,12). The number of nitrogens with one attached hydrogen (secondary N) is 2. The molecule has 9 heteroatoms. The van der Waals surface area contributed by atoms with Crippen LogP contribution < -0.4 is 16.8 Å². The molecule has 0 fully saturated rings. The Balaban J connectivity index is 0.000000422. The van der Waals surface area contributed by atoms with Crippen LogP contribution in [0.2, 0.25) is 0 Å². The summed E-state index contributed by atoms with van der Waals surface area (Å²) in [7, 11) is 0. The molecule has 0 spiro atoms. The highest BCUT2D eigenvalue weighted by molar-refractivity contribution is 5.93. The van der Waals surface area contributed by atoms with Gasteiger partial charge in [-0.15, -0.1) is 0 Å². The van der Waals surface area contributed by atoms with E-state index < -0.39 is 11.9 Å². The fourth-order valence-electron chi connectivity index (χ4n) is 1.34. The molecule has 0 saturated heterocycles. The molecule has 0 saturated carbocycles. The smallest absolute Gasteiger partial charge is 0.303 e. The van der Waals surface area contributed by atoms with Crippen LogP contribution in [-0.4, -0.2) is 33.8 Å². The number of hydrazine groups is 2. The molecule has 1 aromatic rings. The lowest BCUT2D eigenvalue weighted by molar-refractivity contribution is -0.139. The van der Waals surface area contributed by atoms with Crippen molar-refractivity contribution in [1.29, 1.82) is 0 Å². The minimum atomic E-state index is -1.04. The molecule has 0 atom stereocenters. The van der Waals surface area contributed by atoms with Gasteiger partial charge in [0, 0.05) is 18.4 Å². The highest BCUT2D eigenvalue weighted by Gasteiger charge is 2.07. The van der Waals surface area contributed by atoms with Crippen molar-refractivity contribution in [3.8, 4) is 0 Å². The molecule has 23 heavy (non-hydrogen) atoms. The van der Waals surface area contributed by atoms with Crippen molar-refractivity contribution in [2.45, 2.75) is 25.7 Å². The SMILES string of the molecule is NNNC(=O)c1ccccc1.O=C(O)CCC(=O)CCC(=O)O. The number of hydrogen-bond donors (Lipinski definition) is 5. The van der Waals surface area contributed by atoms with Crippen molar-refractivity contribution in [3.05, 3.63) is 35.9 Å². The molecule has 9 nitrogen and oxygen atoms in total. The number of amides is 1. The molecular formula is C14H19N3O6. The highest BCUT2D eigenvalue weighted by atomic mass is 16.4. The van der Waals surface area contributed by atoms with Crippen LogP contribution in [0.5, 0.6) is 0 Å². The molecule has 0 heterocycles. The van der Waals surface area contributed by atoms with E-state index in [1.54, 1.807) is 24.3 Å². The van der Waals surface area contributed by atoms with Gasteiger partial charge in [0.2, 0.25) is 0 Å². The molecule has 1 amide bonds. The second-order valence-corrected chi connectivity index (χ2v) is 4.29. The van der Waals surface area contributed by atoms with E-state index in [-0.39, 0.29) is 37.4 Å². The first-order chi connectivity index (χ1) is 10.9. The third-order valence-corrected chi connectivity index (χ3v) is 2.46. The molecule has 0 radical (unpaired) electrons. The predicted octanol–water partition coefficient (Wildman–Crippen LogP) is 0.0798. The number of rotatable bonds is 8. The van der Waals surface area contributed by atoms with E-state index in [4.69, 9.17) is 16.1 Å². The molecule has 0 aromatic heterocycles. The molecule has 126 valence electrons. The van der Waals surface area contributed by atoms with Gasteiger partial charge in [0.15, 0.2) is 0 Å². The van der Waals surface area contributed by atoms with Gasteiger partial charge in [-0.1, -0.05) is 18.2 Å². The summed E-state index contributed by atoms with van der Waals surface area (Å²) in [5, 5.41) is 16.3. The van der Waals surface area contributed by atoms with Gasteiger partial charge in [0.05, 0.1) is 12.8 Å². The monoisotopic (exact) mass is 325 g/mol. The number of Topliss-reactive ketones (excluding diaryl/α,β-unsaturated/α-hetero) is 1. The summed E-state index contributed by atoms with van der Waals surface area (Å²) >= 11 is 0. The number of carboxylic acids is 2. The lowest BCUT2D eigenvalue weighted by Crippen LogP contribution is -2.42. The zero-order valence-corrected chi connectivity index (χ0v) is 12.3. The molecule has 0 aliphatic carbocycles. The van der Waals surface area contributed by atoms with Gasteiger partial charge >= 0.3 is 11.9 Å². The van der Waals surface area contributed by atoms with Gasteiger partial charge in [-0.2, -0.15) is 5.53 Å². The highest BCUT2D eigenvalue weighted by Crippen LogP contribution is 1.98. The third-order valence-electron chi connectivity index (χ3n) is 2.46. The first-order valence-electron chi connectivity index (χ1n) is 6.63. The van der Waals surface area contributed by atoms with Gasteiger partial charge in [0.25, 0.3) is 5.91 Å². The number of carboxylic acid groups (broad SMARTS) is 2. The summed E-state index contributed by atoms with van der Waals surface area (Å²) in [6, 6.07) is 8.81. The molecule has 0 bridgehead atoms. The van der Waals surface area contributed by atoms with E-state index in [1.165, 1.54) is 0 Å². The van der Waals surface area contributed by atoms with Crippen LogP contribution in [0.25, 0.3) is 0 Å². The Labute approximate surface area is 132 Å². The first kappa shape index (κ1) is 20.2. The summed E-state index contributed by atoms with van der Waals surface area (Å²) in [6.07, 6.45) is -0.609. The fourth-order valence-corrected chi connectivity index (χ4v) is 1.34. The van der Waals surface area contributed by atoms with E-state index >= 15 is 0 Å². The molecule has 0 aliphatic rings. The Morgan fingerprint density at radius 3 is 1.74 bits per heavy atom. The van der Waals surface area contributed by atoms with Crippen molar-refractivity contribution >= 4 is 23.6 Å². The van der Waals surface area contributed by atoms with Crippen LogP contribution in [-0.2, 0) is 14.4 Å². The van der Waals surface area contributed by atoms with E-state index in [2.05, 4.69) is 11.0 Å². The molecule has 1 aromatic carbocycles. The van der Waals surface area contributed by atoms with Gasteiger partial charge in [-0.3, -0.25) is 30.4 Å². The minimum Gasteiger partial charge on any atom is -0.481 e. The summed E-state index contributed by atoms with van der Waals surface area (Å²) in [5.41, 5.74) is 4.89. The Kier molecular flexibility index (Phi) is 10.4. The van der Waals surface area contributed by atoms with Crippen LogP contribution >= 0.6 is 0 Å². The Bertz CT molecular complexity index is 513. The second-order valence-electron chi connectivity index (χ2n) is 4.29. The quantitative estimate of drug-likeness (QED) is 0.332. The number of carbonyl (C=O) groups excluding carboxylic acids is 2. The zero-order valence-electron chi connectivity index (χ0n) is 12.3. The van der Waals surface area contributed by atoms with Crippen LogP contribution in [0.1, 0.15) is 36.0 Å². The average Bonchev–Trinajstić information content (AvgIpc) is 2.52. The van der Waals surface area contributed by atoms with Gasteiger partial charge in [0.1, 0.15) is 5.78 Å². The predicted molar refractivity (Wildman–Crippen MR) is 80.0 cm³/mol. The van der Waals surface area contributed by atoms with Crippen molar-refractivity contribution in [3.63, 3.8) is 0 Å². The molecule has 0 aliphatic heterocycles. The van der Waals surface area contributed by atoms with Crippen molar-refractivity contribution in [1.82, 2.24) is 11.0 Å². The second kappa shape index (κ2) is 11.8. The van der Waals surface area contributed by atoms with E-state index in [9.17, 15) is 19.2 Å². The molecule has 1 rings (SSSR count). The van der Waals surface area contributed by atoms with Crippen LogP contribution in [0, 0.1) is 0 Å². The lowest BCUT2D eigenvalue weighted by Gasteiger charge is -2.00. The van der Waals surface area contributed by atoms with Crippen molar-refractivity contribution in [2.75, 3.05) is 0 Å². The Morgan fingerprint density at radius 1 is 0.870 bits per heavy atom. The fraction of sp³-hybridized carbons (Fsp3) is 0.286. The third kappa shape index (κ3) is 11.5. The topological polar surface area (TPSA) is 159 Å². The summed E-state index contributed by atoms with van der Waals surface area (Å²) < 4.78 is 0. The zero-order chi connectivity index (χ0) is 17.7. The summed E-state index contributed by atoms with van der Waals surface area (Å²) in [6.45, 7) is 0. The van der Waals surface area contributed by atoms with E-state index in [1.807, 2.05) is 6.07 Å². The Morgan fingerprint density at radius 2 is 1.35 bits per heavy atom. The molecule has 0 unspecified atom stereocenters. The number of nitrogens with two attached hydrogens (primary N) is 1. The minimum absolute atomic E-state index is 0.0807. The van der Waals surface area contributed by atoms with Crippen LogP contribution in [0.3, 0.4) is 0 Å². The maximum Gasteiger partial charge on any atom is 0.303 e. The lowest BCUT2D eigenvalue weighted by atomic mass is 10.1. The molecule has 6 N–H and O–H groups in total. The van der Waals surface area contributed by atoms with Crippen molar-refractivity contribution in [2.24, 2.45) is 5.84 Å². The summed E-state index contributed by atoms with van der Waals surface area (Å²) in [5.74, 6) is 2.24. The number of benzene rings is 1. The van der Waals surface area contributed by atoms with E-state index in [0.29, 0.717) is 5.56 Å². The van der Waals surface area contributed by atoms with Gasteiger partial charge in [-0.05, 0) is 12.1 Å². The van der Waals surface area contributed by atoms with Crippen LogP contribution in [0.4, 0.5) is 0 Å². The normalized spacial score (nSPS) is 9.26. The maximum atomic E-state index is 11.0. The molecular weight excluding hydrogens is 306 g/mol. The van der Waals surface area contributed by atoms with E-state index in [0.717, 1.165) is 0 Å². The number of aliphatic carboxylic acids is 2. The number of carbonyl (C=O) groups is 4. The van der Waals surface area contributed by atoms with Gasteiger partial charge < -0.3 is 10.2 Å². The largest absolute Gasteiger partial charge is 0.481 e. The summed E-state index contributed by atoms with van der Waals surface area (Å²) in [4.78, 5) is 41.7. The number of hydrogen-bond acceptors (Lipinski definition) is 6. The average molecular weight is 325 g/mol. The first-order valence-corrected chi connectivity index (χ1v) is 6.63. The van der Waals surface area contributed by atoms with Crippen molar-refractivity contribution < 1.29 is 29.4 Å². The van der Waals surface area contributed by atoms with Gasteiger partial charge in [-0.25, -0.2) is 0 Å². The maximum absolute atomic E-state index is 11.0. The number of ketones is 1. The van der Waals surface area contributed by atoms with Crippen LogP contribution in [0.15, 0.2) is 30.3 Å².